The van der Waals surface area contributed by atoms with Crippen LogP contribution >= 0.6 is 0 Å². The molecule has 0 radical (unpaired) electrons. The first-order chi connectivity index (χ1) is 7.72. The van der Waals surface area contributed by atoms with E-state index < -0.39 is 5.91 Å². The number of hydrogen-bond acceptors (Lipinski definition) is 3. The highest BCUT2D eigenvalue weighted by Gasteiger charge is 2.12. The lowest BCUT2D eigenvalue weighted by Gasteiger charge is -2.00. The van der Waals surface area contributed by atoms with Crippen molar-refractivity contribution >= 4 is 22.8 Å². The molecule has 2 rings (SSSR count). The zero-order valence-electron chi connectivity index (χ0n) is 8.27. The van der Waals surface area contributed by atoms with Gasteiger partial charge in [0, 0.05) is 17.1 Å². The number of rotatable bonds is 1. The second-order valence-electron chi connectivity index (χ2n) is 3.19. The summed E-state index contributed by atoms with van der Waals surface area (Å²) in [5.74, 6) is -0.761. The third kappa shape index (κ3) is 1.68. The molecule has 82 valence electrons. The lowest BCUT2D eigenvalue weighted by atomic mass is 10.1. The first-order valence-corrected chi connectivity index (χ1v) is 4.57. The van der Waals surface area contributed by atoms with Crippen molar-refractivity contribution in [3.63, 3.8) is 0 Å². The number of carbonyl (C=O) groups is 1. The molecule has 1 heterocycles. The zero-order valence-corrected chi connectivity index (χ0v) is 8.27. The van der Waals surface area contributed by atoms with Gasteiger partial charge in [0.05, 0.1) is 5.56 Å². The molecular weight excluding hydrogens is 208 g/mol. The summed E-state index contributed by atoms with van der Waals surface area (Å²) in [6.45, 7) is 0. The van der Waals surface area contributed by atoms with Gasteiger partial charge in [0.15, 0.2) is 0 Å². The summed E-state index contributed by atoms with van der Waals surface area (Å²) in [5, 5.41) is 14.0. The van der Waals surface area contributed by atoms with Gasteiger partial charge >= 0.3 is 0 Å². The normalized spacial score (nSPS) is 11.6. The fourth-order valence-electron chi connectivity index (χ4n) is 1.47. The van der Waals surface area contributed by atoms with E-state index in [0.717, 1.165) is 10.9 Å². The number of aromatic nitrogens is 1. The van der Waals surface area contributed by atoms with Crippen LogP contribution in [0.2, 0.25) is 0 Å². The van der Waals surface area contributed by atoms with Gasteiger partial charge in [-0.15, -0.1) is 0 Å². The number of benzene rings is 1. The third-order valence-corrected chi connectivity index (χ3v) is 2.18. The number of H-pyrrole nitrogens is 1. The van der Waals surface area contributed by atoms with Crippen molar-refractivity contribution in [3.8, 4) is 0 Å². The number of amides is 1. The number of oxime groups is 1. The van der Waals surface area contributed by atoms with E-state index >= 15 is 0 Å². The number of para-hydroxylation sites is 1. The van der Waals surface area contributed by atoms with E-state index in [0.29, 0.717) is 5.56 Å². The summed E-state index contributed by atoms with van der Waals surface area (Å²) >= 11 is 0. The second kappa shape index (κ2) is 3.93. The van der Waals surface area contributed by atoms with Crippen LogP contribution in [0.5, 0.6) is 0 Å². The van der Waals surface area contributed by atoms with Crippen molar-refractivity contribution in [1.29, 1.82) is 0 Å². The third-order valence-electron chi connectivity index (χ3n) is 2.18. The summed E-state index contributed by atoms with van der Waals surface area (Å²) < 4.78 is 0. The highest BCUT2D eigenvalue weighted by molar-refractivity contribution is 6.12. The Kier molecular flexibility index (Phi) is 2.47. The monoisotopic (exact) mass is 218 g/mol. The Bertz CT molecular complexity index is 559. The molecule has 5 N–H and O–H groups in total. The van der Waals surface area contributed by atoms with Crippen LogP contribution in [0, 0.1) is 0 Å². The van der Waals surface area contributed by atoms with Crippen LogP contribution in [0.3, 0.4) is 0 Å². The molecule has 6 nitrogen and oxygen atoms in total. The summed E-state index contributed by atoms with van der Waals surface area (Å²) in [4.78, 5) is 14.6. The first-order valence-electron chi connectivity index (χ1n) is 4.57. The summed E-state index contributed by atoms with van der Waals surface area (Å²) in [6, 6.07) is 7.36. The van der Waals surface area contributed by atoms with Gasteiger partial charge in [0.2, 0.25) is 5.96 Å². The van der Waals surface area contributed by atoms with Crippen LogP contribution in [0.4, 0.5) is 0 Å². The molecule has 1 aromatic carbocycles. The molecule has 0 aliphatic carbocycles. The Balaban J connectivity index is 2.37. The molecule has 0 aliphatic rings. The van der Waals surface area contributed by atoms with Gasteiger partial charge < -0.3 is 15.9 Å². The Hall–Kier alpha value is -2.50. The minimum atomic E-state index is -0.423. The van der Waals surface area contributed by atoms with E-state index in [-0.39, 0.29) is 5.96 Å². The van der Waals surface area contributed by atoms with Crippen molar-refractivity contribution in [2.75, 3.05) is 0 Å². The smallest absolute Gasteiger partial charge is 0.260 e. The summed E-state index contributed by atoms with van der Waals surface area (Å²) in [7, 11) is 0. The topological polar surface area (TPSA) is 104 Å². The second-order valence-corrected chi connectivity index (χ2v) is 3.19. The van der Waals surface area contributed by atoms with E-state index in [2.05, 4.69) is 15.5 Å². The van der Waals surface area contributed by atoms with E-state index in [1.807, 2.05) is 24.3 Å². The number of aromatic amines is 1. The number of nitrogens with zero attached hydrogens (tertiary/aromatic N) is 1. The highest BCUT2D eigenvalue weighted by Crippen LogP contribution is 2.17. The molecule has 16 heavy (non-hydrogen) atoms. The molecule has 0 saturated heterocycles. The predicted octanol–water partition coefficient (Wildman–Crippen LogP) is 0.602. The minimum Gasteiger partial charge on any atom is -0.408 e. The SMILES string of the molecule is NC(=NO)NC(=O)c1c[nH]c2ccccc12. The van der Waals surface area contributed by atoms with Gasteiger partial charge in [-0.25, -0.2) is 0 Å². The number of guanidine groups is 1. The van der Waals surface area contributed by atoms with Crippen molar-refractivity contribution in [3.05, 3.63) is 36.0 Å². The average Bonchev–Trinajstić information content (AvgIpc) is 2.72. The number of nitrogens with two attached hydrogens (primary N) is 1. The molecule has 0 atom stereocenters. The van der Waals surface area contributed by atoms with Crippen LogP contribution in [-0.2, 0) is 0 Å². The maximum Gasteiger partial charge on any atom is 0.260 e. The van der Waals surface area contributed by atoms with Crippen molar-refractivity contribution in [2.45, 2.75) is 0 Å². The fraction of sp³-hybridized carbons (Fsp3) is 0. The molecule has 6 heteroatoms. The summed E-state index contributed by atoms with van der Waals surface area (Å²) in [6.07, 6.45) is 1.57. The highest BCUT2D eigenvalue weighted by atomic mass is 16.4. The van der Waals surface area contributed by atoms with Gasteiger partial charge in [0.1, 0.15) is 0 Å². The molecule has 0 aliphatic heterocycles. The van der Waals surface area contributed by atoms with Crippen LogP contribution in [0.25, 0.3) is 10.9 Å². The molecule has 0 spiro atoms. The first kappa shape index (κ1) is 10.0. The van der Waals surface area contributed by atoms with Gasteiger partial charge in [-0.05, 0) is 6.07 Å². The van der Waals surface area contributed by atoms with Crippen molar-refractivity contribution < 1.29 is 10.0 Å². The van der Waals surface area contributed by atoms with Gasteiger partial charge in [-0.1, -0.05) is 23.4 Å². The van der Waals surface area contributed by atoms with Gasteiger partial charge in [-0.3, -0.25) is 10.1 Å². The minimum absolute atomic E-state index is 0.338. The number of hydrogen-bond donors (Lipinski definition) is 4. The predicted molar refractivity (Wildman–Crippen MR) is 59.2 cm³/mol. The quantitative estimate of drug-likeness (QED) is 0.244. The molecular formula is C10H10N4O2. The molecule has 2 aromatic rings. The molecule has 0 bridgehead atoms. The van der Waals surface area contributed by atoms with Gasteiger partial charge in [-0.2, -0.15) is 0 Å². The number of fused-ring (bicyclic) bond motifs is 1. The van der Waals surface area contributed by atoms with E-state index in [9.17, 15) is 4.79 Å². The van der Waals surface area contributed by atoms with Crippen LogP contribution in [0.15, 0.2) is 35.6 Å². The van der Waals surface area contributed by atoms with Crippen LogP contribution in [0.1, 0.15) is 10.4 Å². The van der Waals surface area contributed by atoms with Crippen LogP contribution < -0.4 is 11.1 Å². The summed E-state index contributed by atoms with van der Waals surface area (Å²) in [5.41, 5.74) is 6.48. The lowest BCUT2D eigenvalue weighted by molar-refractivity contribution is 0.0976. The maximum atomic E-state index is 11.7. The average molecular weight is 218 g/mol. The lowest BCUT2D eigenvalue weighted by Crippen LogP contribution is -2.36. The van der Waals surface area contributed by atoms with Crippen molar-refractivity contribution in [2.24, 2.45) is 10.9 Å². The largest absolute Gasteiger partial charge is 0.408 e. The van der Waals surface area contributed by atoms with E-state index in [4.69, 9.17) is 10.9 Å². The molecule has 1 aromatic heterocycles. The Morgan fingerprint density at radius 1 is 1.44 bits per heavy atom. The zero-order chi connectivity index (χ0) is 11.5. The Morgan fingerprint density at radius 2 is 2.19 bits per heavy atom. The molecule has 0 saturated carbocycles. The van der Waals surface area contributed by atoms with Gasteiger partial charge in [0.25, 0.3) is 5.91 Å². The Morgan fingerprint density at radius 3 is 2.94 bits per heavy atom. The molecule has 1 amide bonds. The Labute approximate surface area is 90.7 Å². The van der Waals surface area contributed by atoms with Crippen LogP contribution in [-0.4, -0.2) is 22.1 Å². The number of nitrogens with one attached hydrogen (secondary N) is 2. The van der Waals surface area contributed by atoms with E-state index in [1.165, 1.54) is 0 Å². The molecule has 0 fully saturated rings. The molecule has 0 unspecified atom stereocenters. The fourth-order valence-corrected chi connectivity index (χ4v) is 1.47. The number of carbonyl (C=O) groups excluding carboxylic acids is 1. The van der Waals surface area contributed by atoms with E-state index in [1.54, 1.807) is 6.20 Å². The standard InChI is InChI=1S/C10H10N4O2/c11-10(14-16)13-9(15)7-5-12-8-4-2-1-3-6(7)8/h1-5,12,16H,(H3,11,13,14,15). The maximum absolute atomic E-state index is 11.7. The van der Waals surface area contributed by atoms with Crippen molar-refractivity contribution in [1.82, 2.24) is 10.3 Å².